The molecule has 2 heterocycles. The molecule has 4 heteroatoms. The molecule has 11 heavy (non-hydrogen) atoms. The van der Waals surface area contributed by atoms with E-state index in [2.05, 4.69) is 5.10 Å². The van der Waals surface area contributed by atoms with E-state index in [0.29, 0.717) is 5.69 Å². The molecule has 0 aliphatic rings. The predicted octanol–water partition coefficient (Wildman–Crippen LogP) is 0.210. The maximum atomic E-state index is 11.1. The highest BCUT2D eigenvalue weighted by Gasteiger charge is 1.97. The first-order valence-corrected chi connectivity index (χ1v) is 3.23. The lowest BCUT2D eigenvalue weighted by Crippen LogP contribution is -2.12. The minimum atomic E-state index is -0.0980. The maximum Gasteiger partial charge on any atom is 0.269 e. The van der Waals surface area contributed by atoms with Crippen molar-refractivity contribution >= 4 is 11.2 Å². The van der Waals surface area contributed by atoms with Crippen LogP contribution < -0.4 is 11.3 Å². The van der Waals surface area contributed by atoms with Crippen molar-refractivity contribution in [2.75, 3.05) is 5.73 Å². The first kappa shape index (κ1) is 6.03. The number of nitrogens with two attached hydrogens (primary N) is 1. The topological polar surface area (TPSA) is 63.3 Å². The fraction of sp³-hybridized carbons (Fsp3) is 0. The van der Waals surface area contributed by atoms with Gasteiger partial charge in [0.05, 0.1) is 11.2 Å². The third-order valence-electron chi connectivity index (χ3n) is 1.61. The highest BCUT2D eigenvalue weighted by Crippen LogP contribution is 2.07. The van der Waals surface area contributed by atoms with Gasteiger partial charge in [0, 0.05) is 12.3 Å². The fourth-order valence-corrected chi connectivity index (χ4v) is 1.06. The van der Waals surface area contributed by atoms with Gasteiger partial charge in [0.2, 0.25) is 0 Å². The number of hydrogen-bond acceptors (Lipinski definition) is 2. The summed E-state index contributed by atoms with van der Waals surface area (Å²) in [5, 5.41) is 2.75. The van der Waals surface area contributed by atoms with E-state index in [-0.39, 0.29) is 5.56 Å². The summed E-state index contributed by atoms with van der Waals surface area (Å²) in [4.78, 5) is 11.1. The van der Waals surface area contributed by atoms with Gasteiger partial charge in [0.1, 0.15) is 0 Å². The van der Waals surface area contributed by atoms with Gasteiger partial charge in [-0.1, -0.05) is 0 Å². The molecule has 0 aliphatic carbocycles. The number of pyridine rings is 1. The minimum Gasteiger partial charge on any atom is -0.397 e. The van der Waals surface area contributed by atoms with Gasteiger partial charge in [-0.3, -0.25) is 9.89 Å². The highest BCUT2D eigenvalue weighted by atomic mass is 16.1. The SMILES string of the molecule is Nc1ccc(=O)n2[nH]ccc12. The van der Waals surface area contributed by atoms with E-state index >= 15 is 0 Å². The normalized spacial score (nSPS) is 10.5. The molecular formula is C7H7N3O. The summed E-state index contributed by atoms with van der Waals surface area (Å²) in [6, 6.07) is 4.79. The second-order valence-corrected chi connectivity index (χ2v) is 2.31. The Morgan fingerprint density at radius 2 is 2.18 bits per heavy atom. The van der Waals surface area contributed by atoms with Crippen molar-refractivity contribution in [3.8, 4) is 0 Å². The van der Waals surface area contributed by atoms with Crippen LogP contribution in [0.15, 0.2) is 29.2 Å². The Bertz CT molecular complexity index is 440. The van der Waals surface area contributed by atoms with Crippen LogP contribution in [0.1, 0.15) is 0 Å². The Morgan fingerprint density at radius 1 is 1.36 bits per heavy atom. The first-order chi connectivity index (χ1) is 5.29. The summed E-state index contributed by atoms with van der Waals surface area (Å²) < 4.78 is 1.40. The standard InChI is InChI=1S/C7H7N3O/c8-5-1-2-7(11)10-6(5)3-4-9-10/h1-4,9H,8H2. The molecule has 2 aromatic rings. The second kappa shape index (κ2) is 1.88. The number of aromatic nitrogens is 2. The number of rotatable bonds is 0. The molecule has 2 aromatic heterocycles. The van der Waals surface area contributed by atoms with E-state index in [1.54, 1.807) is 18.3 Å². The number of nitrogens with one attached hydrogen (secondary N) is 1. The number of nitrogens with zero attached hydrogens (tertiary/aromatic N) is 1. The molecule has 0 amide bonds. The molecule has 0 unspecified atom stereocenters. The number of anilines is 1. The molecule has 0 saturated heterocycles. The Labute approximate surface area is 62.2 Å². The number of hydrogen-bond donors (Lipinski definition) is 2. The number of aromatic amines is 1. The van der Waals surface area contributed by atoms with Crippen molar-refractivity contribution in [1.82, 2.24) is 9.61 Å². The van der Waals surface area contributed by atoms with Gasteiger partial charge in [-0.05, 0) is 12.1 Å². The Morgan fingerprint density at radius 3 is 2.91 bits per heavy atom. The van der Waals surface area contributed by atoms with Crippen molar-refractivity contribution in [1.29, 1.82) is 0 Å². The molecule has 0 radical (unpaired) electrons. The molecule has 0 aliphatic heterocycles. The maximum absolute atomic E-state index is 11.1. The average Bonchev–Trinajstić information content (AvgIpc) is 2.45. The van der Waals surface area contributed by atoms with Crippen LogP contribution in [0, 0.1) is 0 Å². The van der Waals surface area contributed by atoms with E-state index in [0.717, 1.165) is 5.52 Å². The molecule has 0 bridgehead atoms. The Kier molecular flexibility index (Phi) is 1.03. The molecule has 3 N–H and O–H groups in total. The van der Waals surface area contributed by atoms with E-state index in [1.165, 1.54) is 10.6 Å². The van der Waals surface area contributed by atoms with Crippen molar-refractivity contribution in [2.45, 2.75) is 0 Å². The highest BCUT2D eigenvalue weighted by molar-refractivity contribution is 5.68. The van der Waals surface area contributed by atoms with Crippen LogP contribution in [0.2, 0.25) is 0 Å². The summed E-state index contributed by atoms with van der Waals surface area (Å²) in [5.74, 6) is 0. The Hall–Kier alpha value is -1.71. The predicted molar refractivity (Wildman–Crippen MR) is 42.4 cm³/mol. The summed E-state index contributed by atoms with van der Waals surface area (Å²) in [6.07, 6.45) is 1.67. The molecule has 0 saturated carbocycles. The molecule has 56 valence electrons. The molecule has 2 rings (SSSR count). The summed E-state index contributed by atoms with van der Waals surface area (Å²) >= 11 is 0. The molecule has 0 spiro atoms. The van der Waals surface area contributed by atoms with Gasteiger partial charge < -0.3 is 5.73 Å². The van der Waals surface area contributed by atoms with Crippen LogP contribution in [0.25, 0.3) is 5.52 Å². The van der Waals surface area contributed by atoms with Gasteiger partial charge in [-0.15, -0.1) is 0 Å². The first-order valence-electron chi connectivity index (χ1n) is 3.23. The lowest BCUT2D eigenvalue weighted by Gasteiger charge is -1.94. The van der Waals surface area contributed by atoms with Crippen molar-refractivity contribution in [2.24, 2.45) is 0 Å². The summed E-state index contributed by atoms with van der Waals surface area (Å²) in [5.41, 5.74) is 6.81. The monoisotopic (exact) mass is 149 g/mol. The van der Waals surface area contributed by atoms with E-state index in [1.807, 2.05) is 0 Å². The number of nitrogen functional groups attached to an aromatic ring is 1. The molecule has 0 aromatic carbocycles. The minimum absolute atomic E-state index is 0.0980. The summed E-state index contributed by atoms with van der Waals surface area (Å²) in [6.45, 7) is 0. The van der Waals surface area contributed by atoms with Gasteiger partial charge >= 0.3 is 0 Å². The van der Waals surface area contributed by atoms with Crippen LogP contribution in [0.3, 0.4) is 0 Å². The zero-order valence-corrected chi connectivity index (χ0v) is 5.74. The third-order valence-corrected chi connectivity index (χ3v) is 1.61. The number of fused-ring (bicyclic) bond motifs is 1. The van der Waals surface area contributed by atoms with E-state index in [9.17, 15) is 4.79 Å². The summed E-state index contributed by atoms with van der Waals surface area (Å²) in [7, 11) is 0. The number of H-pyrrole nitrogens is 1. The molecular weight excluding hydrogens is 142 g/mol. The van der Waals surface area contributed by atoms with Crippen molar-refractivity contribution < 1.29 is 0 Å². The average molecular weight is 149 g/mol. The lowest BCUT2D eigenvalue weighted by atomic mass is 10.3. The van der Waals surface area contributed by atoms with Gasteiger partial charge in [-0.2, -0.15) is 0 Å². The molecule has 0 fully saturated rings. The quantitative estimate of drug-likeness (QED) is 0.562. The zero-order valence-electron chi connectivity index (χ0n) is 5.74. The van der Waals surface area contributed by atoms with Gasteiger partial charge in [0.15, 0.2) is 0 Å². The molecule has 4 nitrogen and oxygen atoms in total. The lowest BCUT2D eigenvalue weighted by molar-refractivity contribution is 0.921. The fourth-order valence-electron chi connectivity index (χ4n) is 1.06. The largest absolute Gasteiger partial charge is 0.397 e. The molecule has 0 atom stereocenters. The smallest absolute Gasteiger partial charge is 0.269 e. The van der Waals surface area contributed by atoms with E-state index in [4.69, 9.17) is 5.73 Å². The van der Waals surface area contributed by atoms with Gasteiger partial charge in [0.25, 0.3) is 5.56 Å². The van der Waals surface area contributed by atoms with Gasteiger partial charge in [-0.25, -0.2) is 4.52 Å². The van der Waals surface area contributed by atoms with Crippen LogP contribution >= 0.6 is 0 Å². The second-order valence-electron chi connectivity index (χ2n) is 2.31. The Balaban J connectivity index is 3.08. The van der Waals surface area contributed by atoms with Crippen molar-refractivity contribution in [3.63, 3.8) is 0 Å². The van der Waals surface area contributed by atoms with Crippen LogP contribution in [0.5, 0.6) is 0 Å². The van der Waals surface area contributed by atoms with Crippen LogP contribution in [-0.4, -0.2) is 9.61 Å². The third kappa shape index (κ3) is 0.724. The van der Waals surface area contributed by atoms with Crippen LogP contribution in [0.4, 0.5) is 5.69 Å². The zero-order chi connectivity index (χ0) is 7.84. The van der Waals surface area contributed by atoms with Crippen LogP contribution in [-0.2, 0) is 0 Å². The van der Waals surface area contributed by atoms with E-state index < -0.39 is 0 Å². The van der Waals surface area contributed by atoms with Crippen molar-refractivity contribution in [3.05, 3.63) is 34.7 Å².